The lowest BCUT2D eigenvalue weighted by Crippen LogP contribution is -2.20. The molecule has 0 fully saturated rings. The fourth-order valence-electron chi connectivity index (χ4n) is 0.801. The smallest absolute Gasteiger partial charge is 0.243 e. The second kappa shape index (κ2) is 3.51. The lowest BCUT2D eigenvalue weighted by atomic mass is 10.4. The number of nitriles is 1. The van der Waals surface area contributed by atoms with Crippen LogP contribution in [-0.4, -0.2) is 20.4 Å². The monoisotopic (exact) mass is 197 g/mol. The number of hydrogen-bond donors (Lipinski definition) is 1. The van der Waals surface area contributed by atoms with E-state index < -0.39 is 10.0 Å². The van der Waals surface area contributed by atoms with Crippen LogP contribution < -0.4 is 4.72 Å². The van der Waals surface area contributed by atoms with Gasteiger partial charge in [-0.2, -0.15) is 5.26 Å². The largest absolute Gasteiger partial charge is 0.244 e. The normalized spacial score (nSPS) is 10.8. The molecule has 0 radical (unpaired) electrons. The van der Waals surface area contributed by atoms with E-state index in [4.69, 9.17) is 5.26 Å². The van der Waals surface area contributed by atoms with E-state index in [-0.39, 0.29) is 10.6 Å². The third kappa shape index (κ3) is 1.83. The van der Waals surface area contributed by atoms with Crippen molar-refractivity contribution in [3.8, 4) is 6.07 Å². The molecule has 0 aliphatic rings. The molecule has 0 aromatic carbocycles. The standard InChI is InChI=1S/C7H7N3O2S/c1-9-13(11,12)7-3-2-4-10-6(7)5-8/h2-4,9H,1H3. The lowest BCUT2D eigenvalue weighted by molar-refractivity contribution is 0.587. The molecule has 6 heteroatoms. The number of nitrogens with one attached hydrogen (secondary N) is 1. The maximum absolute atomic E-state index is 11.3. The van der Waals surface area contributed by atoms with Crippen LogP contribution in [-0.2, 0) is 10.0 Å². The van der Waals surface area contributed by atoms with Crippen molar-refractivity contribution >= 4 is 10.0 Å². The molecule has 0 unspecified atom stereocenters. The minimum absolute atomic E-state index is 0.0972. The highest BCUT2D eigenvalue weighted by molar-refractivity contribution is 7.89. The van der Waals surface area contributed by atoms with Crippen molar-refractivity contribution in [3.63, 3.8) is 0 Å². The molecule has 13 heavy (non-hydrogen) atoms. The van der Waals surface area contributed by atoms with Crippen molar-refractivity contribution < 1.29 is 8.42 Å². The van der Waals surface area contributed by atoms with Crippen molar-refractivity contribution in [2.24, 2.45) is 0 Å². The second-order valence-corrected chi connectivity index (χ2v) is 4.02. The van der Waals surface area contributed by atoms with E-state index in [1.54, 1.807) is 6.07 Å². The van der Waals surface area contributed by atoms with Crippen LogP contribution in [0, 0.1) is 11.3 Å². The second-order valence-electron chi connectivity index (χ2n) is 2.17. The van der Waals surface area contributed by atoms with Gasteiger partial charge in [0.2, 0.25) is 10.0 Å². The molecule has 1 aromatic rings. The molecule has 1 aromatic heterocycles. The molecule has 0 amide bonds. The molecule has 68 valence electrons. The quantitative estimate of drug-likeness (QED) is 0.715. The first-order valence-corrected chi connectivity index (χ1v) is 4.89. The van der Waals surface area contributed by atoms with E-state index in [1.807, 2.05) is 0 Å². The minimum Gasteiger partial charge on any atom is -0.244 e. The highest BCUT2D eigenvalue weighted by atomic mass is 32.2. The Labute approximate surface area is 76.1 Å². The van der Waals surface area contributed by atoms with Crippen molar-refractivity contribution in [2.45, 2.75) is 4.90 Å². The van der Waals surface area contributed by atoms with Crippen molar-refractivity contribution in [2.75, 3.05) is 7.05 Å². The molecule has 5 nitrogen and oxygen atoms in total. The number of rotatable bonds is 2. The molecule has 0 aliphatic heterocycles. The van der Waals surface area contributed by atoms with Gasteiger partial charge in [-0.25, -0.2) is 18.1 Å². The average molecular weight is 197 g/mol. The first-order valence-electron chi connectivity index (χ1n) is 3.40. The Morgan fingerprint density at radius 3 is 2.85 bits per heavy atom. The summed E-state index contributed by atoms with van der Waals surface area (Å²) in [7, 11) is -2.29. The zero-order valence-corrected chi connectivity index (χ0v) is 7.67. The van der Waals surface area contributed by atoms with Gasteiger partial charge < -0.3 is 0 Å². The molecular formula is C7H7N3O2S. The summed E-state index contributed by atoms with van der Waals surface area (Å²) in [6.07, 6.45) is 1.37. The lowest BCUT2D eigenvalue weighted by Gasteiger charge is -2.01. The van der Waals surface area contributed by atoms with Crippen molar-refractivity contribution in [3.05, 3.63) is 24.0 Å². The molecule has 0 bridgehead atoms. The molecule has 1 rings (SSSR count). The maximum atomic E-state index is 11.3. The summed E-state index contributed by atoms with van der Waals surface area (Å²) >= 11 is 0. The number of pyridine rings is 1. The Balaban J connectivity index is 3.40. The molecule has 0 atom stereocenters. The van der Waals surface area contributed by atoms with Gasteiger partial charge in [0.25, 0.3) is 0 Å². The first-order chi connectivity index (χ1) is 6.11. The van der Waals surface area contributed by atoms with Gasteiger partial charge >= 0.3 is 0 Å². The van der Waals surface area contributed by atoms with Gasteiger partial charge in [0, 0.05) is 6.20 Å². The maximum Gasteiger partial charge on any atom is 0.243 e. The highest BCUT2D eigenvalue weighted by Crippen LogP contribution is 2.10. The van der Waals surface area contributed by atoms with E-state index in [9.17, 15) is 8.42 Å². The predicted molar refractivity (Wildman–Crippen MR) is 45.2 cm³/mol. The number of sulfonamides is 1. The minimum atomic E-state index is -3.58. The average Bonchev–Trinajstić information content (AvgIpc) is 2.18. The fraction of sp³-hybridized carbons (Fsp3) is 0.143. The van der Waals surface area contributed by atoms with Crippen LogP contribution in [0.25, 0.3) is 0 Å². The van der Waals surface area contributed by atoms with Crippen LogP contribution in [0.15, 0.2) is 23.2 Å². The zero-order valence-electron chi connectivity index (χ0n) is 6.85. The van der Waals surface area contributed by atoms with E-state index in [2.05, 4.69) is 9.71 Å². The summed E-state index contributed by atoms with van der Waals surface area (Å²) in [5, 5.41) is 8.57. The molecular weight excluding hydrogens is 190 g/mol. The van der Waals surface area contributed by atoms with Crippen molar-refractivity contribution in [1.29, 1.82) is 5.26 Å². The van der Waals surface area contributed by atoms with Crippen LogP contribution >= 0.6 is 0 Å². The molecule has 0 saturated heterocycles. The van der Waals surface area contributed by atoms with Crippen LogP contribution in [0.3, 0.4) is 0 Å². The Kier molecular flexibility index (Phi) is 2.60. The first kappa shape index (κ1) is 9.64. The van der Waals surface area contributed by atoms with E-state index in [0.717, 1.165) is 0 Å². The van der Waals surface area contributed by atoms with Crippen LogP contribution in [0.1, 0.15) is 5.69 Å². The van der Waals surface area contributed by atoms with Crippen LogP contribution in [0.4, 0.5) is 0 Å². The molecule has 1 N–H and O–H groups in total. The summed E-state index contributed by atoms with van der Waals surface area (Å²) < 4.78 is 24.7. The van der Waals surface area contributed by atoms with Gasteiger partial charge in [-0.3, -0.25) is 0 Å². The Bertz CT molecular complexity index is 447. The van der Waals surface area contributed by atoms with Gasteiger partial charge in [-0.1, -0.05) is 0 Å². The summed E-state index contributed by atoms with van der Waals surface area (Å²) in [5.74, 6) is 0. The summed E-state index contributed by atoms with van der Waals surface area (Å²) in [5.41, 5.74) is -0.100. The van der Waals surface area contributed by atoms with Gasteiger partial charge in [0.15, 0.2) is 5.69 Å². The number of nitrogens with zero attached hydrogens (tertiary/aromatic N) is 2. The predicted octanol–water partition coefficient (Wildman–Crippen LogP) is -0.139. The molecule has 0 saturated carbocycles. The third-order valence-corrected chi connectivity index (χ3v) is 2.88. The summed E-state index contributed by atoms with van der Waals surface area (Å²) in [6.45, 7) is 0. The number of hydrogen-bond acceptors (Lipinski definition) is 4. The summed E-state index contributed by atoms with van der Waals surface area (Å²) in [6, 6.07) is 4.50. The van der Waals surface area contributed by atoms with Crippen LogP contribution in [0.2, 0.25) is 0 Å². The fourth-order valence-corrected chi connectivity index (χ4v) is 1.63. The van der Waals surface area contributed by atoms with Crippen LogP contribution in [0.5, 0.6) is 0 Å². The third-order valence-electron chi connectivity index (χ3n) is 1.43. The highest BCUT2D eigenvalue weighted by Gasteiger charge is 2.16. The summed E-state index contributed by atoms with van der Waals surface area (Å²) in [4.78, 5) is 3.53. The van der Waals surface area contributed by atoms with Crippen molar-refractivity contribution in [1.82, 2.24) is 9.71 Å². The zero-order chi connectivity index (χ0) is 9.90. The van der Waals surface area contributed by atoms with Gasteiger partial charge in [-0.15, -0.1) is 0 Å². The molecule has 0 aliphatic carbocycles. The van der Waals surface area contributed by atoms with Gasteiger partial charge in [0.1, 0.15) is 11.0 Å². The Morgan fingerprint density at radius 2 is 2.31 bits per heavy atom. The number of aromatic nitrogens is 1. The van der Waals surface area contributed by atoms with E-state index in [1.165, 1.54) is 25.4 Å². The van der Waals surface area contributed by atoms with E-state index in [0.29, 0.717) is 0 Å². The van der Waals surface area contributed by atoms with E-state index >= 15 is 0 Å². The SMILES string of the molecule is CNS(=O)(=O)c1cccnc1C#N. The molecule has 1 heterocycles. The topological polar surface area (TPSA) is 82.8 Å². The Hall–Kier alpha value is -1.45. The van der Waals surface area contributed by atoms with Gasteiger partial charge in [-0.05, 0) is 19.2 Å². The molecule has 0 spiro atoms. The van der Waals surface area contributed by atoms with Gasteiger partial charge in [0.05, 0.1) is 0 Å². The Morgan fingerprint density at radius 1 is 1.62 bits per heavy atom.